The molecule has 1 aromatic heterocycles. The van der Waals surface area contributed by atoms with Crippen molar-refractivity contribution in [2.24, 2.45) is 0 Å². The minimum atomic E-state index is -0.0777. The Kier molecular flexibility index (Phi) is 4.17. The van der Waals surface area contributed by atoms with Gasteiger partial charge in [-0.25, -0.2) is 0 Å². The second-order valence-electron chi connectivity index (χ2n) is 6.51. The summed E-state index contributed by atoms with van der Waals surface area (Å²) in [5.41, 5.74) is 6.36. The number of aromatic nitrogens is 1. The van der Waals surface area contributed by atoms with Crippen LogP contribution in [0, 0.1) is 0 Å². The van der Waals surface area contributed by atoms with Gasteiger partial charge in [0.15, 0.2) is 17.3 Å². The molecule has 27 heavy (non-hydrogen) atoms. The number of carbonyl (C=O) groups excluding carboxylic acids is 1. The summed E-state index contributed by atoms with van der Waals surface area (Å²) in [5, 5.41) is 1.26. The standard InChI is InChI=1S/C20H16N2O4.ClH/c21-6-3-7-22-18-13-8-15-16(26-10-25-15)9-14(13)19(23)17(18)11-4-1-2-5-12(11)20(22)24;/h1-2,4-5,8-9H,3,6-7,10,21H2;1H. The zero-order chi connectivity index (χ0) is 17.8. The lowest BCUT2D eigenvalue weighted by atomic mass is 10.0. The molecular formula is C20H17ClN2O4. The van der Waals surface area contributed by atoms with E-state index in [-0.39, 0.29) is 30.5 Å². The zero-order valence-electron chi connectivity index (χ0n) is 14.5. The largest absolute Gasteiger partial charge is 1.00 e. The van der Waals surface area contributed by atoms with Crippen LogP contribution < -0.4 is 33.2 Å². The fraction of sp³-hybridized carbons (Fsp3) is 0.200. The maximum absolute atomic E-state index is 13.2. The van der Waals surface area contributed by atoms with E-state index in [4.69, 9.17) is 9.47 Å². The molecule has 7 heteroatoms. The average molecular weight is 385 g/mol. The molecule has 0 radical (unpaired) electrons. The summed E-state index contributed by atoms with van der Waals surface area (Å²) >= 11 is 0. The zero-order valence-corrected chi connectivity index (χ0v) is 15.2. The number of ether oxygens (including phenoxy) is 2. The predicted molar refractivity (Wildman–Crippen MR) is 95.6 cm³/mol. The maximum atomic E-state index is 13.2. The Hall–Kier alpha value is -2.83. The van der Waals surface area contributed by atoms with E-state index in [1.54, 1.807) is 16.7 Å². The summed E-state index contributed by atoms with van der Waals surface area (Å²) in [6.07, 6.45) is 0.763. The van der Waals surface area contributed by atoms with E-state index in [1.807, 2.05) is 24.3 Å². The van der Waals surface area contributed by atoms with Crippen molar-refractivity contribution < 1.29 is 32.4 Å². The third-order valence-corrected chi connectivity index (χ3v) is 5.05. The van der Waals surface area contributed by atoms with Crippen LogP contribution in [0.5, 0.6) is 11.5 Å². The summed E-state index contributed by atoms with van der Waals surface area (Å²) in [4.78, 5) is 26.3. The number of nitrogens with zero attached hydrogens (tertiary/aromatic N) is 1. The fourth-order valence-corrected chi connectivity index (χ4v) is 3.85. The van der Waals surface area contributed by atoms with Crippen molar-refractivity contribution in [2.75, 3.05) is 13.3 Å². The molecule has 0 saturated heterocycles. The van der Waals surface area contributed by atoms with Crippen molar-refractivity contribution in [1.29, 1.82) is 0 Å². The van der Waals surface area contributed by atoms with Gasteiger partial charge in [-0.15, -0.1) is 0 Å². The van der Waals surface area contributed by atoms with Gasteiger partial charge in [0.1, 0.15) is 0 Å². The van der Waals surface area contributed by atoms with Crippen LogP contribution in [0.3, 0.4) is 0 Å². The van der Waals surface area contributed by atoms with E-state index in [9.17, 15) is 9.59 Å². The molecule has 1 aliphatic carbocycles. The van der Waals surface area contributed by atoms with Gasteiger partial charge in [-0.1, -0.05) is 18.2 Å². The number of ketones is 1. The first-order chi connectivity index (χ1) is 12.7. The second kappa shape index (κ2) is 6.40. The smallest absolute Gasteiger partial charge is 0.258 e. The molecule has 6 nitrogen and oxygen atoms in total. The number of benzene rings is 2. The summed E-state index contributed by atoms with van der Waals surface area (Å²) in [5.74, 6) is 1.10. The average Bonchev–Trinajstić information content (AvgIpc) is 3.23. The Bertz CT molecular complexity index is 1150. The topological polar surface area (TPSA) is 85.2 Å². The summed E-state index contributed by atoms with van der Waals surface area (Å²) in [7, 11) is 0. The van der Waals surface area contributed by atoms with Gasteiger partial charge in [-0.2, -0.15) is 0 Å². The van der Waals surface area contributed by atoms with Crippen molar-refractivity contribution in [3.05, 3.63) is 57.9 Å². The third-order valence-electron chi connectivity index (χ3n) is 5.05. The van der Waals surface area contributed by atoms with Crippen LogP contribution in [-0.4, -0.2) is 23.7 Å². The summed E-state index contributed by atoms with van der Waals surface area (Å²) in [6.45, 7) is 1.39. The Morgan fingerprint density at radius 1 is 1.00 bits per heavy atom. The van der Waals surface area contributed by atoms with Gasteiger partial charge in [-0.3, -0.25) is 9.59 Å². The molecule has 138 valence electrons. The molecule has 0 unspecified atom stereocenters. The molecule has 3 N–H and O–H groups in total. The van der Waals surface area contributed by atoms with Gasteiger partial charge in [0.2, 0.25) is 6.79 Å². The Morgan fingerprint density at radius 3 is 2.37 bits per heavy atom. The number of halogens is 1. The van der Waals surface area contributed by atoms with E-state index in [0.29, 0.717) is 45.6 Å². The van der Waals surface area contributed by atoms with Gasteiger partial charge in [0.25, 0.3) is 5.56 Å². The van der Waals surface area contributed by atoms with Crippen LogP contribution in [0.25, 0.3) is 22.0 Å². The van der Waals surface area contributed by atoms with E-state index >= 15 is 0 Å². The first-order valence-electron chi connectivity index (χ1n) is 8.64. The molecule has 5 rings (SSSR count). The number of fused-ring (bicyclic) bond motifs is 6. The molecule has 3 aromatic rings. The summed E-state index contributed by atoms with van der Waals surface area (Å²) in [6, 6.07) is 10.8. The van der Waals surface area contributed by atoms with Crippen molar-refractivity contribution in [1.82, 2.24) is 4.57 Å². The number of carbonyl (C=O) groups is 1. The van der Waals surface area contributed by atoms with Crippen LogP contribution in [0.15, 0.2) is 41.2 Å². The van der Waals surface area contributed by atoms with Crippen molar-refractivity contribution in [3.8, 4) is 22.8 Å². The lowest BCUT2D eigenvalue weighted by Crippen LogP contribution is -3.00. The highest BCUT2D eigenvalue weighted by atomic mass is 35.5. The van der Waals surface area contributed by atoms with E-state index in [1.165, 1.54) is 0 Å². The molecule has 0 saturated carbocycles. The molecule has 0 bridgehead atoms. The van der Waals surface area contributed by atoms with Gasteiger partial charge in [0, 0.05) is 34.9 Å². The quantitative estimate of drug-likeness (QED) is 0.470. The summed E-state index contributed by atoms with van der Waals surface area (Å²) < 4.78 is 12.6. The van der Waals surface area contributed by atoms with Crippen LogP contribution in [0.1, 0.15) is 22.3 Å². The van der Waals surface area contributed by atoms with Gasteiger partial charge in [0.05, 0.1) is 17.8 Å². The van der Waals surface area contributed by atoms with Crippen LogP contribution in [0.2, 0.25) is 0 Å². The van der Waals surface area contributed by atoms with E-state index in [2.05, 4.69) is 5.73 Å². The number of pyridine rings is 1. The molecule has 0 spiro atoms. The van der Waals surface area contributed by atoms with Crippen molar-refractivity contribution in [2.45, 2.75) is 13.0 Å². The molecular weight excluding hydrogens is 368 g/mol. The van der Waals surface area contributed by atoms with E-state index < -0.39 is 0 Å². The van der Waals surface area contributed by atoms with Gasteiger partial charge >= 0.3 is 0 Å². The van der Waals surface area contributed by atoms with Crippen molar-refractivity contribution in [3.63, 3.8) is 0 Å². The highest BCUT2D eigenvalue weighted by Gasteiger charge is 2.35. The van der Waals surface area contributed by atoms with E-state index in [0.717, 1.165) is 18.5 Å². The molecule has 0 atom stereocenters. The molecule has 2 aromatic carbocycles. The third kappa shape index (κ3) is 2.37. The number of quaternary nitrogens is 1. The maximum Gasteiger partial charge on any atom is 0.258 e. The van der Waals surface area contributed by atoms with Crippen LogP contribution in [-0.2, 0) is 6.54 Å². The molecule has 0 amide bonds. The molecule has 1 aliphatic heterocycles. The fourth-order valence-electron chi connectivity index (χ4n) is 3.85. The first-order valence-corrected chi connectivity index (χ1v) is 8.64. The highest BCUT2D eigenvalue weighted by molar-refractivity contribution is 6.27. The lowest BCUT2D eigenvalue weighted by molar-refractivity contribution is -0.368. The van der Waals surface area contributed by atoms with Crippen LogP contribution in [0.4, 0.5) is 0 Å². The SMILES string of the molecule is [Cl-].[NH3+]CCCn1c2c(c3ccccc3c1=O)C(=O)c1cc3c(cc1-2)OCO3. The number of rotatable bonds is 3. The minimum absolute atomic E-state index is 0. The Balaban J connectivity index is 0.00000180. The second-order valence-corrected chi connectivity index (χ2v) is 6.51. The number of hydrogen-bond donors (Lipinski definition) is 1. The highest BCUT2D eigenvalue weighted by Crippen LogP contribution is 2.45. The molecule has 0 fully saturated rings. The molecule has 2 aliphatic rings. The van der Waals surface area contributed by atoms with Gasteiger partial charge in [-0.05, 0) is 18.2 Å². The normalized spacial score (nSPS) is 13.4. The molecule has 2 heterocycles. The predicted octanol–water partition coefficient (Wildman–Crippen LogP) is -1.42. The number of hydrogen-bond acceptors (Lipinski definition) is 4. The van der Waals surface area contributed by atoms with Gasteiger partial charge < -0.3 is 32.2 Å². The Morgan fingerprint density at radius 2 is 1.67 bits per heavy atom. The first kappa shape index (κ1) is 17.6. The minimum Gasteiger partial charge on any atom is -1.00 e. The Labute approximate surface area is 160 Å². The van der Waals surface area contributed by atoms with Crippen LogP contribution >= 0.6 is 0 Å². The van der Waals surface area contributed by atoms with Crippen molar-refractivity contribution >= 4 is 16.6 Å². The monoisotopic (exact) mass is 384 g/mol. The lowest BCUT2D eigenvalue weighted by Gasteiger charge is -2.14.